The van der Waals surface area contributed by atoms with Crippen molar-refractivity contribution in [2.75, 3.05) is 6.54 Å². The fourth-order valence-corrected chi connectivity index (χ4v) is 2.06. The Hall–Kier alpha value is -0.480. The molecule has 18 heavy (non-hydrogen) atoms. The quantitative estimate of drug-likeness (QED) is 0.898. The van der Waals surface area contributed by atoms with Gasteiger partial charge in [0.2, 0.25) is 0 Å². The molecule has 1 aliphatic carbocycles. The third kappa shape index (κ3) is 3.75. The van der Waals surface area contributed by atoms with E-state index in [0.29, 0.717) is 23.0 Å². The average Bonchev–Trinajstić information content (AvgIpc) is 3.13. The fraction of sp³-hybridized carbons (Fsp3) is 0.417. The van der Waals surface area contributed by atoms with Crippen molar-refractivity contribution >= 4 is 41.5 Å². The first kappa shape index (κ1) is 15.6. The highest BCUT2D eigenvalue weighted by Crippen LogP contribution is 2.31. The molecule has 0 heterocycles. The van der Waals surface area contributed by atoms with Crippen LogP contribution in [-0.2, 0) is 0 Å². The Bertz CT molecular complexity index is 435. The van der Waals surface area contributed by atoms with E-state index in [0.717, 1.165) is 12.8 Å². The maximum Gasteiger partial charge on any atom is 0.252 e. The molecule has 6 heteroatoms. The molecule has 0 bridgehead atoms. The minimum atomic E-state index is -0.228. The standard InChI is InChI=1S/C12H14Cl2N2O.ClH/c13-9-3-1-2-8(11(9)14)12(17)16-6-10(15)7-4-5-7;/h1-3,7,10H,4-6,15H2,(H,16,17);1H. The van der Waals surface area contributed by atoms with Crippen molar-refractivity contribution in [3.05, 3.63) is 33.8 Å². The highest BCUT2D eigenvalue weighted by molar-refractivity contribution is 6.43. The van der Waals surface area contributed by atoms with Crippen molar-refractivity contribution in [3.63, 3.8) is 0 Å². The Morgan fingerprint density at radius 3 is 2.72 bits per heavy atom. The maximum atomic E-state index is 11.9. The molecule has 0 aliphatic heterocycles. The predicted octanol–water partition coefficient (Wildman–Crippen LogP) is 2.88. The highest BCUT2D eigenvalue weighted by Gasteiger charge is 2.28. The molecule has 1 aliphatic rings. The molecular weight excluding hydrogens is 295 g/mol. The van der Waals surface area contributed by atoms with Gasteiger partial charge in [0.1, 0.15) is 0 Å². The number of hydrogen-bond acceptors (Lipinski definition) is 2. The summed E-state index contributed by atoms with van der Waals surface area (Å²) in [6.45, 7) is 0.479. The van der Waals surface area contributed by atoms with Crippen LogP contribution in [0.5, 0.6) is 0 Å². The molecule has 1 aromatic carbocycles. The molecule has 0 spiro atoms. The molecule has 0 radical (unpaired) electrons. The SMILES string of the molecule is Cl.NC(CNC(=O)c1cccc(Cl)c1Cl)C1CC1. The van der Waals surface area contributed by atoms with Gasteiger partial charge in [-0.25, -0.2) is 0 Å². The van der Waals surface area contributed by atoms with Gasteiger partial charge in [-0.05, 0) is 30.9 Å². The van der Waals surface area contributed by atoms with Gasteiger partial charge >= 0.3 is 0 Å². The summed E-state index contributed by atoms with van der Waals surface area (Å²) in [5.74, 6) is 0.332. The van der Waals surface area contributed by atoms with Crippen molar-refractivity contribution < 1.29 is 4.79 Å². The second-order valence-corrected chi connectivity index (χ2v) is 5.10. The second kappa shape index (κ2) is 6.62. The van der Waals surface area contributed by atoms with Crippen molar-refractivity contribution in [2.45, 2.75) is 18.9 Å². The van der Waals surface area contributed by atoms with Gasteiger partial charge in [0, 0.05) is 12.6 Å². The van der Waals surface area contributed by atoms with Crippen molar-refractivity contribution in [3.8, 4) is 0 Å². The van der Waals surface area contributed by atoms with Gasteiger partial charge in [-0.3, -0.25) is 4.79 Å². The van der Waals surface area contributed by atoms with Gasteiger partial charge in [-0.1, -0.05) is 29.3 Å². The van der Waals surface area contributed by atoms with Gasteiger partial charge in [0.05, 0.1) is 15.6 Å². The molecule has 1 fully saturated rings. The molecule has 0 saturated heterocycles. The largest absolute Gasteiger partial charge is 0.350 e. The minimum Gasteiger partial charge on any atom is -0.350 e. The first-order valence-corrected chi connectivity index (χ1v) is 6.33. The lowest BCUT2D eigenvalue weighted by atomic mass is 10.1. The first-order chi connectivity index (χ1) is 8.09. The van der Waals surface area contributed by atoms with Crippen LogP contribution in [0.25, 0.3) is 0 Å². The van der Waals surface area contributed by atoms with Gasteiger partial charge in [0.25, 0.3) is 5.91 Å². The Morgan fingerprint density at radius 1 is 1.44 bits per heavy atom. The first-order valence-electron chi connectivity index (χ1n) is 5.57. The van der Waals surface area contributed by atoms with Crippen LogP contribution in [0.15, 0.2) is 18.2 Å². The summed E-state index contributed by atoms with van der Waals surface area (Å²) >= 11 is 11.8. The van der Waals surface area contributed by atoms with Gasteiger partial charge in [-0.15, -0.1) is 12.4 Å². The van der Waals surface area contributed by atoms with E-state index in [1.807, 2.05) is 0 Å². The van der Waals surface area contributed by atoms with E-state index in [1.54, 1.807) is 18.2 Å². The number of carbonyl (C=O) groups is 1. The van der Waals surface area contributed by atoms with E-state index in [9.17, 15) is 4.79 Å². The Morgan fingerprint density at radius 2 is 2.11 bits per heavy atom. The fourth-order valence-electron chi connectivity index (χ4n) is 1.68. The number of hydrogen-bond donors (Lipinski definition) is 2. The van der Waals surface area contributed by atoms with Crippen molar-refractivity contribution in [1.29, 1.82) is 0 Å². The average molecular weight is 310 g/mol. The molecule has 0 aromatic heterocycles. The topological polar surface area (TPSA) is 55.1 Å². The van der Waals surface area contributed by atoms with E-state index in [1.165, 1.54) is 0 Å². The zero-order chi connectivity index (χ0) is 12.4. The Balaban J connectivity index is 0.00000162. The lowest BCUT2D eigenvalue weighted by Gasteiger charge is -2.12. The second-order valence-electron chi connectivity index (χ2n) is 4.31. The van der Waals surface area contributed by atoms with Crippen LogP contribution < -0.4 is 11.1 Å². The summed E-state index contributed by atoms with van der Waals surface area (Å²) < 4.78 is 0. The van der Waals surface area contributed by atoms with Crippen molar-refractivity contribution in [2.24, 2.45) is 11.7 Å². The minimum absolute atomic E-state index is 0. The number of rotatable bonds is 4. The van der Waals surface area contributed by atoms with Crippen LogP contribution in [0.2, 0.25) is 10.0 Å². The summed E-state index contributed by atoms with van der Waals surface area (Å²) in [7, 11) is 0. The Kier molecular flexibility index (Phi) is 5.73. The zero-order valence-corrected chi connectivity index (χ0v) is 12.0. The third-order valence-corrected chi connectivity index (χ3v) is 3.74. The smallest absolute Gasteiger partial charge is 0.252 e. The summed E-state index contributed by atoms with van der Waals surface area (Å²) in [5, 5.41) is 3.45. The molecule has 1 atom stereocenters. The Labute approximate surface area is 122 Å². The molecule has 2 rings (SSSR count). The maximum absolute atomic E-state index is 11.9. The number of nitrogens with one attached hydrogen (secondary N) is 1. The number of carbonyl (C=O) groups excluding carboxylic acids is 1. The number of nitrogens with two attached hydrogens (primary N) is 1. The summed E-state index contributed by atoms with van der Waals surface area (Å²) in [4.78, 5) is 11.9. The van der Waals surface area contributed by atoms with Crippen LogP contribution >= 0.6 is 35.6 Å². The van der Waals surface area contributed by atoms with Crippen LogP contribution in [0.3, 0.4) is 0 Å². The van der Waals surface area contributed by atoms with Crippen molar-refractivity contribution in [1.82, 2.24) is 5.32 Å². The van der Waals surface area contributed by atoms with E-state index < -0.39 is 0 Å². The highest BCUT2D eigenvalue weighted by atomic mass is 35.5. The lowest BCUT2D eigenvalue weighted by molar-refractivity contribution is 0.0950. The number of amides is 1. The summed E-state index contributed by atoms with van der Waals surface area (Å²) in [6, 6.07) is 5.03. The van der Waals surface area contributed by atoms with Gasteiger partial charge in [0.15, 0.2) is 0 Å². The lowest BCUT2D eigenvalue weighted by Crippen LogP contribution is -2.38. The van der Waals surface area contributed by atoms with E-state index in [-0.39, 0.29) is 29.4 Å². The van der Waals surface area contributed by atoms with Gasteiger partial charge < -0.3 is 11.1 Å². The summed E-state index contributed by atoms with van der Waals surface area (Å²) in [5.41, 5.74) is 6.29. The molecule has 1 unspecified atom stereocenters. The molecule has 100 valence electrons. The molecule has 3 N–H and O–H groups in total. The van der Waals surface area contributed by atoms with Crippen LogP contribution in [0.4, 0.5) is 0 Å². The van der Waals surface area contributed by atoms with Crippen LogP contribution in [0.1, 0.15) is 23.2 Å². The van der Waals surface area contributed by atoms with E-state index in [2.05, 4.69) is 5.32 Å². The monoisotopic (exact) mass is 308 g/mol. The van der Waals surface area contributed by atoms with Crippen LogP contribution in [0, 0.1) is 5.92 Å². The summed E-state index contributed by atoms with van der Waals surface area (Å²) in [6.07, 6.45) is 2.32. The number of benzene rings is 1. The molecule has 1 saturated carbocycles. The zero-order valence-electron chi connectivity index (χ0n) is 9.66. The van der Waals surface area contributed by atoms with E-state index in [4.69, 9.17) is 28.9 Å². The number of halogens is 3. The predicted molar refractivity (Wildman–Crippen MR) is 76.7 cm³/mol. The normalized spacial score (nSPS) is 15.7. The van der Waals surface area contributed by atoms with E-state index >= 15 is 0 Å². The molecule has 3 nitrogen and oxygen atoms in total. The molecule has 1 amide bonds. The molecule has 1 aromatic rings. The molecular formula is C12H15Cl3N2O. The third-order valence-electron chi connectivity index (χ3n) is 2.92. The van der Waals surface area contributed by atoms with Gasteiger partial charge in [-0.2, -0.15) is 0 Å². The van der Waals surface area contributed by atoms with Crippen LogP contribution in [-0.4, -0.2) is 18.5 Å².